The van der Waals surface area contributed by atoms with Crippen LogP contribution in [0, 0.1) is 0 Å². The highest BCUT2D eigenvalue weighted by atomic mass is 16.2. The van der Waals surface area contributed by atoms with Crippen molar-refractivity contribution in [3.63, 3.8) is 0 Å². The average molecular weight is 358 g/mol. The highest BCUT2D eigenvalue weighted by Gasteiger charge is 2.29. The zero-order valence-electron chi connectivity index (χ0n) is 15.6. The van der Waals surface area contributed by atoms with Crippen LogP contribution in [-0.2, 0) is 18.4 Å². The van der Waals surface area contributed by atoms with E-state index in [2.05, 4.69) is 15.4 Å². The molecule has 2 amide bonds. The quantitative estimate of drug-likeness (QED) is 0.878. The van der Waals surface area contributed by atoms with Crippen LogP contribution in [0.25, 0.3) is 0 Å². The third-order valence-electron chi connectivity index (χ3n) is 4.95. The Hall–Kier alpha value is -2.64. The minimum absolute atomic E-state index is 0.0420. The Morgan fingerprint density at radius 2 is 2.15 bits per heavy atom. The van der Waals surface area contributed by atoms with Crippen LogP contribution in [0.1, 0.15) is 55.3 Å². The van der Waals surface area contributed by atoms with Crippen molar-refractivity contribution in [1.29, 1.82) is 0 Å². The van der Waals surface area contributed by atoms with E-state index in [1.165, 1.54) is 6.33 Å². The largest absolute Gasteiger partial charge is 0.346 e. The smallest absolute Gasteiger partial charge is 0.268 e. The van der Waals surface area contributed by atoms with E-state index in [0.29, 0.717) is 12.2 Å². The minimum Gasteiger partial charge on any atom is -0.346 e. The predicted molar refractivity (Wildman–Crippen MR) is 96.3 cm³/mol. The molecule has 3 rings (SSSR count). The molecule has 0 bridgehead atoms. The normalized spacial score (nSPS) is 18.6. The lowest BCUT2D eigenvalue weighted by Gasteiger charge is -2.35. The first kappa shape index (κ1) is 18.2. The van der Waals surface area contributed by atoms with Gasteiger partial charge >= 0.3 is 0 Å². The van der Waals surface area contributed by atoms with Crippen LogP contribution >= 0.6 is 0 Å². The molecule has 1 saturated heterocycles. The van der Waals surface area contributed by atoms with Crippen molar-refractivity contribution in [2.75, 3.05) is 6.54 Å². The van der Waals surface area contributed by atoms with Crippen molar-refractivity contribution in [3.05, 3.63) is 36.2 Å². The summed E-state index contributed by atoms with van der Waals surface area (Å²) in [6.07, 6.45) is 6.16. The van der Waals surface area contributed by atoms with Gasteiger partial charge in [0.15, 0.2) is 0 Å². The Balaban J connectivity index is 1.71. The number of aromatic nitrogens is 4. The van der Waals surface area contributed by atoms with Crippen LogP contribution in [0.4, 0.5) is 0 Å². The van der Waals surface area contributed by atoms with Crippen molar-refractivity contribution in [2.24, 2.45) is 7.05 Å². The number of carbonyl (C=O) groups is 2. The lowest BCUT2D eigenvalue weighted by atomic mass is 9.99. The molecular formula is C18H26N6O2. The van der Waals surface area contributed by atoms with Gasteiger partial charge in [0, 0.05) is 32.3 Å². The number of piperidine rings is 1. The van der Waals surface area contributed by atoms with Crippen molar-refractivity contribution >= 4 is 11.8 Å². The summed E-state index contributed by atoms with van der Waals surface area (Å²) in [6.45, 7) is 4.88. The summed E-state index contributed by atoms with van der Waals surface area (Å²) in [7, 11) is 1.89. The first-order valence-corrected chi connectivity index (χ1v) is 9.03. The van der Waals surface area contributed by atoms with Crippen LogP contribution in [0.2, 0.25) is 0 Å². The van der Waals surface area contributed by atoms with Gasteiger partial charge in [0.25, 0.3) is 5.91 Å². The van der Waals surface area contributed by atoms with E-state index in [0.717, 1.165) is 31.5 Å². The molecule has 8 nitrogen and oxygen atoms in total. The highest BCUT2D eigenvalue weighted by Crippen LogP contribution is 2.31. The molecule has 0 aliphatic carbocycles. The van der Waals surface area contributed by atoms with E-state index in [1.54, 1.807) is 17.9 Å². The van der Waals surface area contributed by atoms with Crippen molar-refractivity contribution in [1.82, 2.24) is 29.5 Å². The second kappa shape index (κ2) is 7.72. The second-order valence-corrected chi connectivity index (χ2v) is 6.92. The molecule has 1 N–H and O–H groups in total. The van der Waals surface area contributed by atoms with Crippen LogP contribution in [0.3, 0.4) is 0 Å². The van der Waals surface area contributed by atoms with E-state index >= 15 is 0 Å². The number of nitrogens with zero attached hydrogens (tertiary/aromatic N) is 5. The van der Waals surface area contributed by atoms with Gasteiger partial charge in [-0.3, -0.25) is 14.3 Å². The van der Waals surface area contributed by atoms with E-state index < -0.39 is 0 Å². The molecule has 0 saturated carbocycles. The summed E-state index contributed by atoms with van der Waals surface area (Å²) in [6, 6.07) is 3.76. The van der Waals surface area contributed by atoms with Gasteiger partial charge in [-0.25, -0.2) is 4.98 Å². The number of hydrogen-bond donors (Lipinski definition) is 1. The van der Waals surface area contributed by atoms with Gasteiger partial charge in [-0.2, -0.15) is 5.10 Å². The average Bonchev–Trinajstić information content (AvgIpc) is 3.24. The number of likely N-dealkylation sites (tertiary alicyclic amines) is 1. The maximum Gasteiger partial charge on any atom is 0.268 e. The molecule has 3 heterocycles. The fourth-order valence-electron chi connectivity index (χ4n) is 3.66. The van der Waals surface area contributed by atoms with Crippen molar-refractivity contribution in [3.8, 4) is 0 Å². The summed E-state index contributed by atoms with van der Waals surface area (Å²) in [4.78, 5) is 30.4. The van der Waals surface area contributed by atoms with Crippen LogP contribution in [0.15, 0.2) is 24.8 Å². The molecule has 2 atom stereocenters. The minimum atomic E-state index is -0.128. The second-order valence-electron chi connectivity index (χ2n) is 6.92. The number of carbonyl (C=O) groups excluding carboxylic acids is 2. The molecular weight excluding hydrogens is 332 g/mol. The molecule has 140 valence electrons. The molecule has 1 fully saturated rings. The Morgan fingerprint density at radius 3 is 2.85 bits per heavy atom. The van der Waals surface area contributed by atoms with Gasteiger partial charge < -0.3 is 14.8 Å². The van der Waals surface area contributed by atoms with Gasteiger partial charge in [0.05, 0.1) is 12.6 Å². The molecule has 26 heavy (non-hydrogen) atoms. The summed E-state index contributed by atoms with van der Waals surface area (Å²) < 4.78 is 3.59. The topological polar surface area (TPSA) is 85.1 Å². The lowest BCUT2D eigenvalue weighted by Crippen LogP contribution is -2.39. The van der Waals surface area contributed by atoms with Crippen LogP contribution < -0.4 is 5.32 Å². The molecule has 8 heteroatoms. The van der Waals surface area contributed by atoms with Crippen LogP contribution in [0.5, 0.6) is 0 Å². The SMILES string of the molecule is CC(=O)N1CCCC[C@H]1c1ccc(C(=O)N[C@H](C)Cn2cncn2)n1C. The van der Waals surface area contributed by atoms with Crippen molar-refractivity contribution < 1.29 is 9.59 Å². The standard InChI is InChI=1S/C18H26N6O2/c1-13(10-23-12-19-11-20-23)21-18(26)17-8-7-15(22(17)3)16-6-4-5-9-24(16)14(2)25/h7-8,11-13,16H,4-6,9-10H2,1-3H3,(H,21,26)/t13-,16+/m1/s1. The predicted octanol–water partition coefficient (Wildman–Crippen LogP) is 1.51. The fourth-order valence-corrected chi connectivity index (χ4v) is 3.66. The lowest BCUT2D eigenvalue weighted by molar-refractivity contribution is -0.132. The third kappa shape index (κ3) is 3.79. The number of rotatable bonds is 5. The molecule has 1 aliphatic rings. The Labute approximate surface area is 153 Å². The van der Waals surface area contributed by atoms with Gasteiger partial charge in [-0.15, -0.1) is 0 Å². The molecule has 0 radical (unpaired) electrons. The van der Waals surface area contributed by atoms with Gasteiger partial charge in [0.2, 0.25) is 5.91 Å². The molecule has 1 aliphatic heterocycles. The maximum atomic E-state index is 12.7. The molecule has 2 aromatic heterocycles. The van der Waals surface area contributed by atoms with Gasteiger partial charge in [-0.05, 0) is 38.3 Å². The van der Waals surface area contributed by atoms with E-state index in [1.807, 2.05) is 35.6 Å². The van der Waals surface area contributed by atoms with Gasteiger partial charge in [0.1, 0.15) is 18.3 Å². The number of amides is 2. The summed E-state index contributed by atoms with van der Waals surface area (Å²) in [5, 5.41) is 7.05. The first-order valence-electron chi connectivity index (χ1n) is 9.03. The Morgan fingerprint density at radius 1 is 1.35 bits per heavy atom. The summed E-state index contributed by atoms with van der Waals surface area (Å²) in [5.74, 6) is -0.0418. The van der Waals surface area contributed by atoms with Crippen molar-refractivity contribution in [2.45, 2.75) is 51.7 Å². The van der Waals surface area contributed by atoms with E-state index in [4.69, 9.17) is 0 Å². The molecule has 2 aromatic rings. The van der Waals surface area contributed by atoms with E-state index in [-0.39, 0.29) is 23.9 Å². The molecule has 0 unspecified atom stereocenters. The number of hydrogen-bond acceptors (Lipinski definition) is 4. The summed E-state index contributed by atoms with van der Waals surface area (Å²) >= 11 is 0. The Bertz CT molecular complexity index is 767. The van der Waals surface area contributed by atoms with E-state index in [9.17, 15) is 9.59 Å². The first-order chi connectivity index (χ1) is 12.5. The number of nitrogens with one attached hydrogen (secondary N) is 1. The molecule has 0 spiro atoms. The highest BCUT2D eigenvalue weighted by molar-refractivity contribution is 5.93. The van der Waals surface area contributed by atoms with Crippen LogP contribution in [-0.4, -0.2) is 48.6 Å². The zero-order valence-corrected chi connectivity index (χ0v) is 15.6. The van der Waals surface area contributed by atoms with Gasteiger partial charge in [-0.1, -0.05) is 0 Å². The molecule has 0 aromatic carbocycles. The Kier molecular flexibility index (Phi) is 5.39. The fraction of sp³-hybridized carbons (Fsp3) is 0.556. The monoisotopic (exact) mass is 358 g/mol. The third-order valence-corrected chi connectivity index (χ3v) is 4.95. The zero-order chi connectivity index (χ0) is 18.7. The summed E-state index contributed by atoms with van der Waals surface area (Å²) in [5.41, 5.74) is 1.61. The maximum absolute atomic E-state index is 12.7.